The van der Waals surface area contributed by atoms with Crippen molar-refractivity contribution in [3.05, 3.63) is 35.6 Å². The van der Waals surface area contributed by atoms with Gasteiger partial charge in [0.15, 0.2) is 0 Å². The van der Waals surface area contributed by atoms with Gasteiger partial charge in [-0.1, -0.05) is 19.1 Å². The summed E-state index contributed by atoms with van der Waals surface area (Å²) in [5.74, 6) is 0.656. The van der Waals surface area contributed by atoms with Crippen molar-refractivity contribution in [2.45, 2.75) is 19.8 Å². The molecule has 1 saturated heterocycles. The number of likely N-dealkylation sites (tertiary alicyclic amines) is 1. The Hall–Kier alpha value is -0.930. The van der Waals surface area contributed by atoms with Gasteiger partial charge in [-0.25, -0.2) is 4.39 Å². The minimum Gasteiger partial charge on any atom is -0.317 e. The molecule has 2 rings (SSSR count). The second-order valence-corrected chi connectivity index (χ2v) is 5.14. The SMILES string of the molecule is CCNCC1CCN(CCc2ccc(F)cc2)C1. The predicted octanol–water partition coefficient (Wildman–Crippen LogP) is 2.30. The fourth-order valence-corrected chi connectivity index (χ4v) is 2.57. The van der Waals surface area contributed by atoms with Crippen molar-refractivity contribution in [2.24, 2.45) is 5.92 Å². The molecule has 100 valence electrons. The highest BCUT2D eigenvalue weighted by molar-refractivity contribution is 5.16. The van der Waals surface area contributed by atoms with Gasteiger partial charge in [0.05, 0.1) is 0 Å². The van der Waals surface area contributed by atoms with Crippen LogP contribution in [0.2, 0.25) is 0 Å². The molecular weight excluding hydrogens is 227 g/mol. The molecule has 18 heavy (non-hydrogen) atoms. The Balaban J connectivity index is 1.70. The van der Waals surface area contributed by atoms with E-state index in [-0.39, 0.29) is 5.82 Å². The van der Waals surface area contributed by atoms with Gasteiger partial charge in [-0.15, -0.1) is 0 Å². The molecule has 0 amide bonds. The molecule has 1 N–H and O–H groups in total. The summed E-state index contributed by atoms with van der Waals surface area (Å²) in [5, 5.41) is 3.42. The van der Waals surface area contributed by atoms with E-state index < -0.39 is 0 Å². The van der Waals surface area contributed by atoms with Gasteiger partial charge in [-0.2, -0.15) is 0 Å². The van der Waals surface area contributed by atoms with E-state index in [0.717, 1.165) is 32.0 Å². The third-order valence-electron chi connectivity index (χ3n) is 3.68. The summed E-state index contributed by atoms with van der Waals surface area (Å²) in [6.07, 6.45) is 2.32. The Morgan fingerprint density at radius 2 is 2.11 bits per heavy atom. The molecule has 0 bridgehead atoms. The normalized spacial score (nSPS) is 20.4. The highest BCUT2D eigenvalue weighted by Crippen LogP contribution is 2.16. The molecule has 1 fully saturated rings. The topological polar surface area (TPSA) is 15.3 Å². The van der Waals surface area contributed by atoms with Crippen LogP contribution in [-0.4, -0.2) is 37.6 Å². The van der Waals surface area contributed by atoms with Crippen LogP contribution < -0.4 is 5.32 Å². The van der Waals surface area contributed by atoms with E-state index in [4.69, 9.17) is 0 Å². The Labute approximate surface area is 109 Å². The number of rotatable bonds is 6. The van der Waals surface area contributed by atoms with Crippen molar-refractivity contribution in [3.63, 3.8) is 0 Å². The van der Waals surface area contributed by atoms with Crippen LogP contribution in [0.4, 0.5) is 4.39 Å². The van der Waals surface area contributed by atoms with Crippen LogP contribution in [-0.2, 0) is 6.42 Å². The molecule has 1 aromatic rings. The molecule has 0 aromatic heterocycles. The Kier molecular flexibility index (Phi) is 5.14. The first-order chi connectivity index (χ1) is 8.78. The van der Waals surface area contributed by atoms with E-state index in [1.165, 1.54) is 25.1 Å². The van der Waals surface area contributed by atoms with Crippen molar-refractivity contribution >= 4 is 0 Å². The van der Waals surface area contributed by atoms with E-state index in [9.17, 15) is 4.39 Å². The Bertz CT molecular complexity index is 350. The van der Waals surface area contributed by atoms with Crippen molar-refractivity contribution in [1.29, 1.82) is 0 Å². The molecule has 2 nitrogen and oxygen atoms in total. The lowest BCUT2D eigenvalue weighted by Crippen LogP contribution is -2.27. The van der Waals surface area contributed by atoms with Gasteiger partial charge >= 0.3 is 0 Å². The summed E-state index contributed by atoms with van der Waals surface area (Å²) >= 11 is 0. The molecule has 0 radical (unpaired) electrons. The highest BCUT2D eigenvalue weighted by Gasteiger charge is 2.21. The maximum absolute atomic E-state index is 12.8. The van der Waals surface area contributed by atoms with Gasteiger partial charge in [0.2, 0.25) is 0 Å². The number of hydrogen-bond donors (Lipinski definition) is 1. The molecule has 3 heteroatoms. The van der Waals surface area contributed by atoms with E-state index in [1.807, 2.05) is 12.1 Å². The van der Waals surface area contributed by atoms with Crippen molar-refractivity contribution in [1.82, 2.24) is 10.2 Å². The maximum Gasteiger partial charge on any atom is 0.123 e. The molecule has 1 aliphatic rings. The highest BCUT2D eigenvalue weighted by atomic mass is 19.1. The zero-order chi connectivity index (χ0) is 12.8. The first-order valence-corrected chi connectivity index (χ1v) is 6.95. The van der Waals surface area contributed by atoms with Crippen LogP contribution in [0.25, 0.3) is 0 Å². The summed E-state index contributed by atoms with van der Waals surface area (Å²) < 4.78 is 12.8. The second kappa shape index (κ2) is 6.86. The third-order valence-corrected chi connectivity index (χ3v) is 3.68. The molecule has 0 spiro atoms. The average molecular weight is 250 g/mol. The number of nitrogens with zero attached hydrogens (tertiary/aromatic N) is 1. The van der Waals surface area contributed by atoms with Gasteiger partial charge in [0.25, 0.3) is 0 Å². The monoisotopic (exact) mass is 250 g/mol. The summed E-state index contributed by atoms with van der Waals surface area (Å²) in [7, 11) is 0. The lowest BCUT2D eigenvalue weighted by Gasteiger charge is -2.16. The average Bonchev–Trinajstić information content (AvgIpc) is 2.84. The van der Waals surface area contributed by atoms with E-state index in [0.29, 0.717) is 0 Å². The molecular formula is C15H23FN2. The predicted molar refractivity (Wildman–Crippen MR) is 73.2 cm³/mol. The van der Waals surface area contributed by atoms with Gasteiger partial charge in [0.1, 0.15) is 5.82 Å². The first kappa shape index (κ1) is 13.5. The molecule has 1 aromatic carbocycles. The van der Waals surface area contributed by atoms with Crippen LogP contribution in [0.5, 0.6) is 0 Å². The van der Waals surface area contributed by atoms with Gasteiger partial charge in [-0.05, 0) is 56.1 Å². The second-order valence-electron chi connectivity index (χ2n) is 5.14. The van der Waals surface area contributed by atoms with Crippen LogP contribution in [0, 0.1) is 11.7 Å². The zero-order valence-electron chi connectivity index (χ0n) is 11.2. The van der Waals surface area contributed by atoms with E-state index in [2.05, 4.69) is 17.1 Å². The van der Waals surface area contributed by atoms with Crippen molar-refractivity contribution < 1.29 is 4.39 Å². The van der Waals surface area contributed by atoms with E-state index in [1.54, 1.807) is 12.1 Å². The number of hydrogen-bond acceptors (Lipinski definition) is 2. The van der Waals surface area contributed by atoms with Crippen molar-refractivity contribution in [3.8, 4) is 0 Å². The standard InChI is InChI=1S/C15H23FN2/c1-2-17-11-14-8-10-18(12-14)9-7-13-3-5-15(16)6-4-13/h3-6,14,17H,2,7-12H2,1H3. The fourth-order valence-electron chi connectivity index (χ4n) is 2.57. The third kappa shape index (κ3) is 4.07. The number of halogens is 1. The maximum atomic E-state index is 12.8. The van der Waals surface area contributed by atoms with E-state index >= 15 is 0 Å². The molecule has 1 unspecified atom stereocenters. The summed E-state index contributed by atoms with van der Waals surface area (Å²) in [6, 6.07) is 6.88. The molecule has 1 aliphatic heterocycles. The molecule has 1 atom stereocenters. The first-order valence-electron chi connectivity index (χ1n) is 6.95. The summed E-state index contributed by atoms with van der Waals surface area (Å²) in [6.45, 7) is 7.86. The largest absolute Gasteiger partial charge is 0.317 e. The lowest BCUT2D eigenvalue weighted by atomic mass is 10.1. The molecule has 0 saturated carbocycles. The minimum atomic E-state index is -0.148. The Morgan fingerprint density at radius 1 is 1.33 bits per heavy atom. The van der Waals surface area contributed by atoms with Crippen LogP contribution in [0.3, 0.4) is 0 Å². The van der Waals surface area contributed by atoms with Gasteiger partial charge in [-0.3, -0.25) is 0 Å². The Morgan fingerprint density at radius 3 is 2.83 bits per heavy atom. The number of nitrogens with one attached hydrogen (secondary N) is 1. The molecule has 1 heterocycles. The summed E-state index contributed by atoms with van der Waals surface area (Å²) in [5.41, 5.74) is 1.23. The fraction of sp³-hybridized carbons (Fsp3) is 0.600. The van der Waals surface area contributed by atoms with Crippen LogP contribution in [0.1, 0.15) is 18.9 Å². The van der Waals surface area contributed by atoms with Crippen molar-refractivity contribution in [2.75, 3.05) is 32.7 Å². The lowest BCUT2D eigenvalue weighted by molar-refractivity contribution is 0.326. The quantitative estimate of drug-likeness (QED) is 0.833. The molecule has 0 aliphatic carbocycles. The zero-order valence-corrected chi connectivity index (χ0v) is 11.2. The smallest absolute Gasteiger partial charge is 0.123 e. The van der Waals surface area contributed by atoms with Gasteiger partial charge < -0.3 is 10.2 Å². The number of benzene rings is 1. The minimum absolute atomic E-state index is 0.148. The van der Waals surface area contributed by atoms with Crippen LogP contribution >= 0.6 is 0 Å². The summed E-state index contributed by atoms with van der Waals surface area (Å²) in [4.78, 5) is 2.52. The van der Waals surface area contributed by atoms with Gasteiger partial charge in [0, 0.05) is 13.1 Å². The van der Waals surface area contributed by atoms with Crippen LogP contribution in [0.15, 0.2) is 24.3 Å².